The van der Waals surface area contributed by atoms with E-state index in [0.717, 1.165) is 29.5 Å². The van der Waals surface area contributed by atoms with Crippen LogP contribution in [0.25, 0.3) is 11.3 Å². The van der Waals surface area contributed by atoms with E-state index < -0.39 is 29.5 Å². The molecule has 1 unspecified atom stereocenters. The third-order valence-electron chi connectivity index (χ3n) is 5.99. The monoisotopic (exact) mass is 479 g/mol. The standard InChI is InChI=1S/C15H14F3N3O.C9H8F2O/c1-9(22)21-6-5-13-12(8-21)14(20-19-13)10-3-2-4-11(7-10)15(16,17)18;10-6-1-5-2-7(12)4-8(5)9(11)3-6/h2-4,7H,5-6,8H2,1H3,(H,19,20);1,3,7,12H,2,4H2. The molecule has 0 fully saturated rings. The molecule has 5 nitrogen and oxygen atoms in total. The van der Waals surface area contributed by atoms with E-state index in [1.54, 1.807) is 11.0 Å². The first-order valence-corrected chi connectivity index (χ1v) is 10.7. The minimum Gasteiger partial charge on any atom is -0.392 e. The summed E-state index contributed by atoms with van der Waals surface area (Å²) in [6, 6.07) is 7.22. The van der Waals surface area contributed by atoms with Gasteiger partial charge in [-0.1, -0.05) is 12.1 Å². The maximum atomic E-state index is 13.0. The van der Waals surface area contributed by atoms with Crippen molar-refractivity contribution < 1.29 is 31.9 Å². The minimum absolute atomic E-state index is 0.0538. The van der Waals surface area contributed by atoms with Gasteiger partial charge in [0.05, 0.1) is 17.4 Å². The Morgan fingerprint density at radius 1 is 1.15 bits per heavy atom. The zero-order valence-electron chi connectivity index (χ0n) is 18.2. The molecule has 2 N–H and O–H groups in total. The lowest BCUT2D eigenvalue weighted by Gasteiger charge is -2.26. The molecule has 0 saturated carbocycles. The molecular formula is C24H22F5N3O2. The van der Waals surface area contributed by atoms with Crippen LogP contribution in [0.4, 0.5) is 22.0 Å². The highest BCUT2D eigenvalue weighted by Gasteiger charge is 2.31. The summed E-state index contributed by atoms with van der Waals surface area (Å²) in [7, 11) is 0. The number of aliphatic hydroxyl groups is 1. The van der Waals surface area contributed by atoms with E-state index >= 15 is 0 Å². The maximum absolute atomic E-state index is 13.0. The van der Waals surface area contributed by atoms with Gasteiger partial charge in [0.15, 0.2) is 0 Å². The summed E-state index contributed by atoms with van der Waals surface area (Å²) < 4.78 is 64.1. The Labute approximate surface area is 192 Å². The number of rotatable bonds is 1. The van der Waals surface area contributed by atoms with Gasteiger partial charge in [0.2, 0.25) is 5.91 Å². The van der Waals surface area contributed by atoms with Crippen molar-refractivity contribution in [3.8, 4) is 11.3 Å². The quantitative estimate of drug-likeness (QED) is 0.508. The molecule has 2 aliphatic rings. The third-order valence-corrected chi connectivity index (χ3v) is 5.99. The number of carbonyl (C=O) groups excluding carboxylic acids is 1. The Balaban J connectivity index is 0.000000192. The summed E-state index contributed by atoms with van der Waals surface area (Å²) in [4.78, 5) is 13.2. The second kappa shape index (κ2) is 9.17. The predicted octanol–water partition coefficient (Wildman–Crippen LogP) is 4.42. The fourth-order valence-corrected chi connectivity index (χ4v) is 4.27. The highest BCUT2D eigenvalue weighted by molar-refractivity contribution is 5.74. The van der Waals surface area contributed by atoms with E-state index in [1.807, 2.05) is 0 Å². The van der Waals surface area contributed by atoms with Crippen LogP contribution in [0.3, 0.4) is 0 Å². The lowest BCUT2D eigenvalue weighted by molar-refractivity contribution is -0.137. The number of carbonyl (C=O) groups is 1. The van der Waals surface area contributed by atoms with Crippen molar-refractivity contribution in [3.63, 3.8) is 0 Å². The van der Waals surface area contributed by atoms with Gasteiger partial charge in [0.1, 0.15) is 11.6 Å². The normalized spacial score (nSPS) is 17.0. The van der Waals surface area contributed by atoms with Crippen molar-refractivity contribution >= 4 is 5.91 Å². The van der Waals surface area contributed by atoms with Crippen molar-refractivity contribution in [3.05, 3.63) is 76.0 Å². The average molecular weight is 479 g/mol. The van der Waals surface area contributed by atoms with Crippen molar-refractivity contribution in [1.29, 1.82) is 0 Å². The van der Waals surface area contributed by atoms with Crippen LogP contribution in [-0.2, 0) is 36.8 Å². The summed E-state index contributed by atoms with van der Waals surface area (Å²) >= 11 is 0. The maximum Gasteiger partial charge on any atom is 0.416 e. The van der Waals surface area contributed by atoms with Crippen molar-refractivity contribution in [1.82, 2.24) is 15.1 Å². The van der Waals surface area contributed by atoms with Gasteiger partial charge in [-0.05, 0) is 35.7 Å². The number of aliphatic hydroxyl groups excluding tert-OH is 1. The second-order valence-corrected chi connectivity index (χ2v) is 8.39. The number of aromatic amines is 1. The number of fused-ring (bicyclic) bond motifs is 2. The summed E-state index contributed by atoms with van der Waals surface area (Å²) in [5.74, 6) is -1.16. The van der Waals surface area contributed by atoms with Gasteiger partial charge in [-0.2, -0.15) is 18.3 Å². The number of halogens is 5. The molecule has 0 bridgehead atoms. The number of nitrogens with one attached hydrogen (secondary N) is 1. The van der Waals surface area contributed by atoms with E-state index in [-0.39, 0.29) is 5.91 Å². The Kier molecular flexibility index (Phi) is 6.44. The van der Waals surface area contributed by atoms with E-state index in [1.165, 1.54) is 19.1 Å². The number of nitrogens with zero attached hydrogens (tertiary/aromatic N) is 2. The van der Waals surface area contributed by atoms with E-state index in [0.29, 0.717) is 54.7 Å². The molecule has 5 rings (SSSR count). The van der Waals surface area contributed by atoms with Crippen LogP contribution in [0.5, 0.6) is 0 Å². The molecule has 0 saturated heterocycles. The topological polar surface area (TPSA) is 69.2 Å². The first kappa shape index (κ1) is 23.9. The van der Waals surface area contributed by atoms with Crippen LogP contribution in [0.2, 0.25) is 0 Å². The van der Waals surface area contributed by atoms with Crippen molar-refractivity contribution in [2.75, 3.05) is 6.54 Å². The summed E-state index contributed by atoms with van der Waals surface area (Å²) in [6.07, 6.45) is -3.64. The van der Waals surface area contributed by atoms with Gasteiger partial charge in [-0.3, -0.25) is 9.89 Å². The van der Waals surface area contributed by atoms with E-state index in [2.05, 4.69) is 10.2 Å². The molecule has 1 atom stereocenters. The third kappa shape index (κ3) is 4.96. The van der Waals surface area contributed by atoms with Gasteiger partial charge < -0.3 is 10.0 Å². The average Bonchev–Trinajstić information content (AvgIpc) is 3.36. The lowest BCUT2D eigenvalue weighted by Crippen LogP contribution is -2.34. The van der Waals surface area contributed by atoms with Gasteiger partial charge >= 0.3 is 6.18 Å². The van der Waals surface area contributed by atoms with Crippen LogP contribution in [0, 0.1) is 11.6 Å². The second-order valence-electron chi connectivity index (χ2n) is 8.39. The molecular weight excluding hydrogens is 457 g/mol. The van der Waals surface area contributed by atoms with Crippen molar-refractivity contribution in [2.24, 2.45) is 0 Å². The number of hydrogen-bond donors (Lipinski definition) is 2. The van der Waals surface area contributed by atoms with Crippen LogP contribution < -0.4 is 0 Å². The predicted molar refractivity (Wildman–Crippen MR) is 114 cm³/mol. The molecule has 1 aliphatic heterocycles. The highest BCUT2D eigenvalue weighted by atomic mass is 19.4. The number of hydrogen-bond acceptors (Lipinski definition) is 3. The molecule has 3 aromatic rings. The Hall–Kier alpha value is -3.27. The summed E-state index contributed by atoms with van der Waals surface area (Å²) in [5, 5.41) is 16.2. The van der Waals surface area contributed by atoms with Gasteiger partial charge in [-0.15, -0.1) is 0 Å². The Morgan fingerprint density at radius 2 is 1.91 bits per heavy atom. The van der Waals surface area contributed by atoms with E-state index in [4.69, 9.17) is 0 Å². The molecule has 1 aliphatic carbocycles. The van der Waals surface area contributed by atoms with Crippen LogP contribution in [-0.4, -0.2) is 38.8 Å². The molecule has 10 heteroatoms. The summed E-state index contributed by atoms with van der Waals surface area (Å²) in [6.45, 7) is 2.44. The molecule has 180 valence electrons. The van der Waals surface area contributed by atoms with Gasteiger partial charge in [-0.25, -0.2) is 8.78 Å². The Morgan fingerprint density at radius 3 is 2.62 bits per heavy atom. The fourth-order valence-electron chi connectivity index (χ4n) is 4.27. The number of H-pyrrole nitrogens is 1. The molecule has 34 heavy (non-hydrogen) atoms. The fraction of sp³-hybridized carbons (Fsp3) is 0.333. The first-order valence-electron chi connectivity index (χ1n) is 10.7. The van der Waals surface area contributed by atoms with Crippen molar-refractivity contribution in [2.45, 2.75) is 45.0 Å². The van der Waals surface area contributed by atoms with Crippen LogP contribution in [0.15, 0.2) is 36.4 Å². The SMILES string of the molecule is CC(=O)N1CCc2[nH]nc(-c3cccc(C(F)(F)F)c3)c2C1.OC1Cc2cc(F)cc(F)c2C1. The minimum atomic E-state index is -4.39. The molecule has 2 heterocycles. The van der Waals surface area contributed by atoms with Crippen LogP contribution in [0.1, 0.15) is 34.9 Å². The lowest BCUT2D eigenvalue weighted by atomic mass is 9.99. The summed E-state index contributed by atoms with van der Waals surface area (Å²) in [5.41, 5.74) is 2.90. The van der Waals surface area contributed by atoms with Gasteiger partial charge in [0.25, 0.3) is 0 Å². The molecule has 1 amide bonds. The zero-order chi connectivity index (χ0) is 24.6. The number of aromatic nitrogens is 2. The molecule has 1 aromatic heterocycles. The highest BCUT2D eigenvalue weighted by Crippen LogP contribution is 2.34. The largest absolute Gasteiger partial charge is 0.416 e. The zero-order valence-corrected chi connectivity index (χ0v) is 18.2. The Bertz CT molecular complexity index is 1220. The smallest absolute Gasteiger partial charge is 0.392 e. The van der Waals surface area contributed by atoms with E-state index in [9.17, 15) is 31.9 Å². The number of alkyl halides is 3. The number of benzene rings is 2. The molecule has 0 radical (unpaired) electrons. The molecule has 0 spiro atoms. The molecule has 2 aromatic carbocycles. The van der Waals surface area contributed by atoms with Crippen LogP contribution >= 0.6 is 0 Å². The first-order chi connectivity index (χ1) is 16.0. The van der Waals surface area contributed by atoms with Gasteiger partial charge in [0, 0.05) is 55.7 Å². The number of amides is 1.